The molecule has 2 N–H and O–H groups in total. The zero-order chi connectivity index (χ0) is 30.1. The molecular weight excluding hydrogens is 575 g/mol. The van der Waals surface area contributed by atoms with Gasteiger partial charge in [0.05, 0.1) is 35.5 Å². The van der Waals surface area contributed by atoms with Crippen LogP contribution in [0.5, 0.6) is 11.5 Å². The van der Waals surface area contributed by atoms with E-state index in [2.05, 4.69) is 10.2 Å². The molecule has 0 saturated carbocycles. The van der Waals surface area contributed by atoms with Crippen molar-refractivity contribution in [1.82, 2.24) is 0 Å². The van der Waals surface area contributed by atoms with Crippen molar-refractivity contribution in [3.05, 3.63) is 72.3 Å². The van der Waals surface area contributed by atoms with Crippen molar-refractivity contribution in [2.24, 2.45) is 0 Å². The lowest BCUT2D eigenvalue weighted by atomic mass is 10.1. The molecule has 1 saturated heterocycles. The molecule has 2 aliphatic rings. The first-order chi connectivity index (χ1) is 20.0. The normalized spacial score (nSPS) is 18.8. The molecule has 0 radical (unpaired) electrons. The Labute approximate surface area is 241 Å². The maximum atomic E-state index is 13.8. The number of benzene rings is 3. The Balaban J connectivity index is 1.43. The van der Waals surface area contributed by atoms with Gasteiger partial charge in [0.2, 0.25) is 0 Å². The highest BCUT2D eigenvalue weighted by Gasteiger charge is 2.37. The predicted octanol–water partition coefficient (Wildman–Crippen LogP) is 5.23. The summed E-state index contributed by atoms with van der Waals surface area (Å²) < 4.78 is 80.2. The number of nitrogens with one attached hydrogen (secondary N) is 1. The minimum absolute atomic E-state index is 0.0181. The molecule has 2 heterocycles. The number of aliphatic carboxylic acids is 1. The smallest absolute Gasteiger partial charge is 0.416 e. The van der Waals surface area contributed by atoms with Crippen molar-refractivity contribution in [1.29, 1.82) is 0 Å². The fourth-order valence-electron chi connectivity index (χ4n) is 5.25. The maximum absolute atomic E-state index is 13.8. The number of ether oxygens (including phenoxy) is 2. The molecule has 0 aliphatic carbocycles. The maximum Gasteiger partial charge on any atom is 0.416 e. The molecule has 5 rings (SSSR count). The molecule has 1 unspecified atom stereocenters. The van der Waals surface area contributed by atoms with Crippen LogP contribution in [-0.2, 0) is 21.0 Å². The van der Waals surface area contributed by atoms with Gasteiger partial charge < -0.3 is 24.8 Å². The van der Waals surface area contributed by atoms with Gasteiger partial charge >= 0.3 is 12.1 Å². The number of alkyl halides is 3. The van der Waals surface area contributed by atoms with E-state index in [1.165, 1.54) is 0 Å². The number of sulfonamides is 1. The molecule has 13 heteroatoms. The minimum Gasteiger partial charge on any atom is -0.495 e. The largest absolute Gasteiger partial charge is 0.495 e. The third-order valence-electron chi connectivity index (χ3n) is 7.31. The predicted molar refractivity (Wildman–Crippen MR) is 151 cm³/mol. The van der Waals surface area contributed by atoms with Gasteiger partial charge in [0, 0.05) is 31.2 Å². The Morgan fingerprint density at radius 1 is 1.07 bits per heavy atom. The monoisotopic (exact) mass is 605 g/mol. The van der Waals surface area contributed by atoms with Gasteiger partial charge in [-0.15, -0.1) is 0 Å². The summed E-state index contributed by atoms with van der Waals surface area (Å²) in [5.41, 5.74) is 0.644. The molecule has 0 aromatic heterocycles. The van der Waals surface area contributed by atoms with Crippen molar-refractivity contribution >= 4 is 33.1 Å². The summed E-state index contributed by atoms with van der Waals surface area (Å²) in [4.78, 5) is 12.8. The average molecular weight is 606 g/mol. The Morgan fingerprint density at radius 2 is 1.86 bits per heavy atom. The lowest BCUT2D eigenvalue weighted by molar-refractivity contribution is -0.138. The van der Waals surface area contributed by atoms with Gasteiger partial charge in [-0.05, 0) is 61.4 Å². The summed E-state index contributed by atoms with van der Waals surface area (Å²) in [6, 6.07) is 16.2. The number of rotatable bonds is 9. The van der Waals surface area contributed by atoms with Crippen LogP contribution in [0.4, 0.5) is 30.2 Å². The highest BCUT2D eigenvalue weighted by Crippen LogP contribution is 2.41. The topological polar surface area (TPSA) is 108 Å². The van der Waals surface area contributed by atoms with Gasteiger partial charge in [0.15, 0.2) is 0 Å². The standard InChI is InChI=1S/C29H30F3N3O6S/c1-40-26-8-3-2-7-24(26)34-14-13-21(17-34)33-20-9-11-27-25(16-20)35(18-22(41-27)10-12-28(36)37)42(38,39)23-6-4-5-19(15-23)29(30,31)32/h2-9,11,15-16,21-22,33H,10,12-14,17-18H2,1H3,(H,36,37)/t21?,22-/m0/s1. The van der Waals surface area contributed by atoms with Crippen LogP contribution in [-0.4, -0.2) is 58.4 Å². The van der Waals surface area contributed by atoms with Gasteiger partial charge in [-0.1, -0.05) is 18.2 Å². The molecule has 1 fully saturated rings. The van der Waals surface area contributed by atoms with Crippen molar-refractivity contribution in [3.63, 3.8) is 0 Å². The zero-order valence-corrected chi connectivity index (χ0v) is 23.5. The Hall–Kier alpha value is -4.13. The molecule has 2 atom stereocenters. The van der Waals surface area contributed by atoms with Crippen LogP contribution in [0.15, 0.2) is 71.6 Å². The molecule has 224 valence electrons. The van der Waals surface area contributed by atoms with E-state index < -0.39 is 38.7 Å². The van der Waals surface area contributed by atoms with Gasteiger partial charge in [-0.3, -0.25) is 9.10 Å². The number of methoxy groups -OCH3 is 1. The molecule has 3 aromatic carbocycles. The molecule has 9 nitrogen and oxygen atoms in total. The van der Waals surface area contributed by atoms with Crippen molar-refractivity contribution in [3.8, 4) is 11.5 Å². The second-order valence-corrected chi connectivity index (χ2v) is 12.0. The zero-order valence-electron chi connectivity index (χ0n) is 22.7. The minimum atomic E-state index is -4.73. The van der Waals surface area contributed by atoms with E-state index in [1.807, 2.05) is 24.3 Å². The molecule has 0 amide bonds. The third-order valence-corrected chi connectivity index (χ3v) is 9.08. The molecular formula is C29H30F3N3O6S. The van der Waals surface area contributed by atoms with Crippen molar-refractivity contribution in [2.75, 3.05) is 41.3 Å². The van der Waals surface area contributed by atoms with Crippen LogP contribution in [0.1, 0.15) is 24.8 Å². The summed E-state index contributed by atoms with van der Waals surface area (Å²) in [7, 11) is -2.85. The van der Waals surface area contributed by atoms with E-state index in [0.717, 1.165) is 46.9 Å². The first-order valence-corrected chi connectivity index (χ1v) is 14.8. The van der Waals surface area contributed by atoms with Gasteiger partial charge in [-0.25, -0.2) is 8.42 Å². The third kappa shape index (κ3) is 6.20. The van der Waals surface area contributed by atoms with Crippen molar-refractivity contribution in [2.45, 2.75) is 42.5 Å². The van der Waals surface area contributed by atoms with Crippen LogP contribution >= 0.6 is 0 Å². The van der Waals surface area contributed by atoms with E-state index >= 15 is 0 Å². The van der Waals surface area contributed by atoms with Gasteiger partial charge in [0.1, 0.15) is 17.6 Å². The summed E-state index contributed by atoms with van der Waals surface area (Å²) >= 11 is 0. The number of nitrogens with zero attached hydrogens (tertiary/aromatic N) is 2. The molecule has 2 aliphatic heterocycles. The fourth-order valence-corrected chi connectivity index (χ4v) is 6.79. The quantitative estimate of drug-likeness (QED) is 0.342. The Kier molecular flexibility index (Phi) is 8.13. The van der Waals surface area contributed by atoms with E-state index in [1.54, 1.807) is 25.3 Å². The first kappa shape index (κ1) is 29.4. The number of para-hydroxylation sites is 2. The number of fused-ring (bicyclic) bond motifs is 1. The number of carbonyl (C=O) groups is 1. The highest BCUT2D eigenvalue weighted by molar-refractivity contribution is 7.92. The van der Waals surface area contributed by atoms with Gasteiger partial charge in [0.25, 0.3) is 10.0 Å². The van der Waals surface area contributed by atoms with E-state index in [-0.39, 0.29) is 36.9 Å². The average Bonchev–Trinajstić information content (AvgIpc) is 3.43. The van der Waals surface area contributed by atoms with Crippen LogP contribution in [0, 0.1) is 0 Å². The lowest BCUT2D eigenvalue weighted by Crippen LogP contribution is -2.43. The first-order valence-electron chi connectivity index (χ1n) is 13.3. The summed E-state index contributed by atoms with van der Waals surface area (Å²) in [6.07, 6.45) is -4.98. The van der Waals surface area contributed by atoms with E-state index in [0.29, 0.717) is 18.3 Å². The second-order valence-electron chi connectivity index (χ2n) is 10.2. The van der Waals surface area contributed by atoms with Crippen LogP contribution in [0.3, 0.4) is 0 Å². The summed E-state index contributed by atoms with van der Waals surface area (Å²) in [5.74, 6) is -0.119. The van der Waals surface area contributed by atoms with E-state index in [4.69, 9.17) is 14.6 Å². The SMILES string of the molecule is COc1ccccc1N1CCC(Nc2ccc3c(c2)N(S(=O)(=O)c2cccc(C(F)(F)F)c2)C[C@H](CCC(=O)O)O3)C1. The van der Waals surface area contributed by atoms with Crippen molar-refractivity contribution < 1.29 is 41.0 Å². The number of anilines is 3. The van der Waals surface area contributed by atoms with Gasteiger partial charge in [-0.2, -0.15) is 13.2 Å². The fraction of sp³-hybridized carbons (Fsp3) is 0.345. The van der Waals surface area contributed by atoms with E-state index in [9.17, 15) is 26.4 Å². The second kappa shape index (κ2) is 11.6. The Bertz CT molecular complexity index is 1570. The molecule has 42 heavy (non-hydrogen) atoms. The van der Waals surface area contributed by atoms with Crippen LogP contribution in [0.25, 0.3) is 0 Å². The number of hydrogen-bond donors (Lipinski definition) is 2. The van der Waals surface area contributed by atoms with Crippen LogP contribution in [0.2, 0.25) is 0 Å². The summed E-state index contributed by atoms with van der Waals surface area (Å²) in [5, 5.41) is 12.6. The molecule has 0 spiro atoms. The highest BCUT2D eigenvalue weighted by atomic mass is 32.2. The van der Waals surface area contributed by atoms with Crippen LogP contribution < -0.4 is 24.0 Å². The summed E-state index contributed by atoms with van der Waals surface area (Å²) in [6.45, 7) is 1.18. The number of hydrogen-bond acceptors (Lipinski definition) is 7. The number of carboxylic acids is 1. The Morgan fingerprint density at radius 3 is 2.60 bits per heavy atom. The molecule has 0 bridgehead atoms. The number of carboxylic acid groups (broad SMARTS) is 1. The molecule has 3 aromatic rings. The number of halogens is 3. The lowest BCUT2D eigenvalue weighted by Gasteiger charge is -2.36.